The van der Waals surface area contributed by atoms with Gasteiger partial charge < -0.3 is 14.2 Å². The number of hydrogen-bond acceptors (Lipinski definition) is 11. The standard InChI is InChI=1S/C31H25BrN4O9S/c1-5-44-30(38)26-17(3)33-31-34(27(26)19-8-6-16(2)7-9-19)29(37)25(46-31)14-18-12-21(32)28(24(13-18)43-4)45-23-11-10-20(35(39)40)15-22(23)36(41)42/h6-15,27H,5H2,1-4H3/b25-14+/t27-/m1/s1. The van der Waals surface area contributed by atoms with Crippen LogP contribution in [-0.4, -0.2) is 34.1 Å². The Kier molecular flexibility index (Phi) is 9.16. The number of allylic oxidation sites excluding steroid dienone is 1. The number of methoxy groups -OCH3 is 1. The van der Waals surface area contributed by atoms with Crippen LogP contribution in [0.25, 0.3) is 6.08 Å². The minimum atomic E-state index is -0.782. The van der Waals surface area contributed by atoms with Crippen LogP contribution in [0.5, 0.6) is 17.2 Å². The van der Waals surface area contributed by atoms with Crippen LogP contribution in [0.3, 0.4) is 0 Å². The fourth-order valence-electron chi connectivity index (χ4n) is 4.89. The largest absolute Gasteiger partial charge is 0.493 e. The van der Waals surface area contributed by atoms with Gasteiger partial charge in [-0.15, -0.1) is 0 Å². The Morgan fingerprint density at radius 1 is 1.07 bits per heavy atom. The Morgan fingerprint density at radius 2 is 1.78 bits per heavy atom. The van der Waals surface area contributed by atoms with E-state index in [1.54, 1.807) is 32.1 Å². The molecule has 0 saturated carbocycles. The van der Waals surface area contributed by atoms with Crippen molar-refractivity contribution in [1.82, 2.24) is 4.57 Å². The first kappa shape index (κ1) is 32.2. The lowest BCUT2D eigenvalue weighted by Crippen LogP contribution is -2.39. The van der Waals surface area contributed by atoms with Crippen molar-refractivity contribution in [3.8, 4) is 17.2 Å². The van der Waals surface area contributed by atoms with Crippen LogP contribution in [0.4, 0.5) is 11.4 Å². The predicted octanol–water partition coefficient (Wildman–Crippen LogP) is 5.49. The summed E-state index contributed by atoms with van der Waals surface area (Å²) in [4.78, 5) is 53.3. The number of hydrogen-bond donors (Lipinski definition) is 0. The molecule has 1 aliphatic rings. The molecule has 0 N–H and O–H groups in total. The maximum Gasteiger partial charge on any atom is 0.338 e. The van der Waals surface area contributed by atoms with E-state index in [1.165, 1.54) is 11.7 Å². The van der Waals surface area contributed by atoms with Crippen LogP contribution < -0.4 is 24.4 Å². The molecule has 2 heterocycles. The SMILES string of the molecule is CCOC(=O)C1=C(C)N=c2s/c(=C/c3cc(Br)c(Oc4ccc([N+](=O)[O-])cc4[N+](=O)[O-])c(OC)c3)c(=O)n2[C@@H]1c1ccc(C)cc1. The molecule has 5 rings (SSSR count). The van der Waals surface area contributed by atoms with Crippen LogP contribution in [0, 0.1) is 27.2 Å². The molecule has 236 valence electrons. The molecular formula is C31H25BrN4O9S. The molecule has 4 aromatic rings. The lowest BCUT2D eigenvalue weighted by molar-refractivity contribution is -0.394. The van der Waals surface area contributed by atoms with Crippen molar-refractivity contribution >= 4 is 50.7 Å². The van der Waals surface area contributed by atoms with E-state index in [-0.39, 0.29) is 35.0 Å². The predicted molar refractivity (Wildman–Crippen MR) is 172 cm³/mol. The zero-order chi connectivity index (χ0) is 33.3. The minimum absolute atomic E-state index is 0.0761. The zero-order valence-electron chi connectivity index (χ0n) is 24.8. The first-order chi connectivity index (χ1) is 21.9. The summed E-state index contributed by atoms with van der Waals surface area (Å²) in [7, 11) is 1.37. The topological polar surface area (TPSA) is 165 Å². The van der Waals surface area contributed by atoms with Crippen molar-refractivity contribution in [2.45, 2.75) is 26.8 Å². The summed E-state index contributed by atoms with van der Waals surface area (Å²) in [6.07, 6.45) is 1.63. The number of rotatable bonds is 9. The van der Waals surface area contributed by atoms with Gasteiger partial charge >= 0.3 is 11.7 Å². The van der Waals surface area contributed by atoms with Gasteiger partial charge in [-0.05, 0) is 72.1 Å². The van der Waals surface area contributed by atoms with Crippen molar-refractivity contribution < 1.29 is 28.9 Å². The number of aromatic nitrogens is 1. The van der Waals surface area contributed by atoms with Crippen LogP contribution in [-0.2, 0) is 9.53 Å². The molecule has 0 fully saturated rings. The van der Waals surface area contributed by atoms with Gasteiger partial charge in [-0.1, -0.05) is 41.2 Å². The molecule has 0 saturated heterocycles. The number of ether oxygens (including phenoxy) is 3. The number of aryl methyl sites for hydroxylation is 1. The van der Waals surface area contributed by atoms with Crippen LogP contribution in [0.2, 0.25) is 0 Å². The highest BCUT2D eigenvalue weighted by atomic mass is 79.9. The van der Waals surface area contributed by atoms with Crippen LogP contribution in [0.1, 0.15) is 36.6 Å². The maximum atomic E-state index is 14.0. The molecule has 1 aromatic heterocycles. The number of benzene rings is 3. The Morgan fingerprint density at radius 3 is 2.41 bits per heavy atom. The van der Waals surface area contributed by atoms with Gasteiger partial charge in [0.15, 0.2) is 16.3 Å². The van der Waals surface area contributed by atoms with Crippen molar-refractivity contribution in [2.75, 3.05) is 13.7 Å². The molecule has 15 heteroatoms. The van der Waals surface area contributed by atoms with E-state index in [0.29, 0.717) is 25.1 Å². The van der Waals surface area contributed by atoms with Crippen molar-refractivity contribution in [1.29, 1.82) is 0 Å². The second kappa shape index (κ2) is 13.1. The third-order valence-corrected chi connectivity index (χ3v) is 8.59. The van der Waals surface area contributed by atoms with Crippen LogP contribution >= 0.6 is 27.3 Å². The molecule has 1 aliphatic heterocycles. The number of nitro benzene ring substituents is 2. The average molecular weight is 710 g/mol. The molecule has 13 nitrogen and oxygen atoms in total. The summed E-state index contributed by atoms with van der Waals surface area (Å²) in [6, 6.07) is 13.0. The summed E-state index contributed by atoms with van der Waals surface area (Å²) in [5.41, 5.74) is 1.55. The third kappa shape index (κ3) is 6.19. The Balaban J connectivity index is 1.60. The summed E-state index contributed by atoms with van der Waals surface area (Å²) < 4.78 is 18.8. The van der Waals surface area contributed by atoms with E-state index >= 15 is 0 Å². The number of thiazole rings is 1. The molecule has 0 spiro atoms. The van der Waals surface area contributed by atoms with E-state index in [0.717, 1.165) is 40.7 Å². The highest BCUT2D eigenvalue weighted by Gasteiger charge is 2.33. The van der Waals surface area contributed by atoms with Gasteiger partial charge in [0.2, 0.25) is 5.75 Å². The van der Waals surface area contributed by atoms with E-state index < -0.39 is 33.2 Å². The highest BCUT2D eigenvalue weighted by Crippen LogP contribution is 2.43. The average Bonchev–Trinajstić information content (AvgIpc) is 3.31. The fraction of sp³-hybridized carbons (Fsp3) is 0.194. The van der Waals surface area contributed by atoms with Gasteiger partial charge in [-0.2, -0.15) is 0 Å². The summed E-state index contributed by atoms with van der Waals surface area (Å²) >= 11 is 4.57. The lowest BCUT2D eigenvalue weighted by Gasteiger charge is -2.24. The third-order valence-electron chi connectivity index (χ3n) is 7.02. The summed E-state index contributed by atoms with van der Waals surface area (Å²) in [6.45, 7) is 5.52. The number of fused-ring (bicyclic) bond motifs is 1. The van der Waals surface area contributed by atoms with Gasteiger partial charge in [0.05, 0.1) is 55.9 Å². The monoisotopic (exact) mass is 708 g/mol. The van der Waals surface area contributed by atoms with E-state index in [2.05, 4.69) is 20.9 Å². The molecular weight excluding hydrogens is 684 g/mol. The van der Waals surface area contributed by atoms with Gasteiger partial charge in [0.1, 0.15) is 0 Å². The Bertz CT molecular complexity index is 2120. The number of non-ortho nitro benzene ring substituents is 1. The number of halogens is 1. The van der Waals surface area contributed by atoms with Crippen molar-refractivity contribution in [3.05, 3.63) is 127 Å². The zero-order valence-corrected chi connectivity index (χ0v) is 27.2. The molecule has 0 amide bonds. The van der Waals surface area contributed by atoms with Gasteiger partial charge in [-0.3, -0.25) is 29.6 Å². The molecule has 46 heavy (non-hydrogen) atoms. The molecule has 0 unspecified atom stereocenters. The quantitative estimate of drug-likeness (QED) is 0.124. The Labute approximate surface area is 273 Å². The lowest BCUT2D eigenvalue weighted by atomic mass is 9.95. The highest BCUT2D eigenvalue weighted by molar-refractivity contribution is 9.10. The first-order valence-electron chi connectivity index (χ1n) is 13.7. The Hall–Kier alpha value is -5.15. The smallest absolute Gasteiger partial charge is 0.338 e. The molecule has 0 bridgehead atoms. The number of nitro groups is 2. The number of carbonyl (C=O) groups excluding carboxylic acids is 1. The summed E-state index contributed by atoms with van der Waals surface area (Å²) in [5, 5.41) is 22.8. The normalized spacial score (nSPS) is 14.4. The number of nitrogens with zero attached hydrogens (tertiary/aromatic N) is 4. The van der Waals surface area contributed by atoms with Crippen molar-refractivity contribution in [2.24, 2.45) is 4.99 Å². The second-order valence-electron chi connectivity index (χ2n) is 10.0. The minimum Gasteiger partial charge on any atom is -0.493 e. The van der Waals surface area contributed by atoms with Gasteiger partial charge in [0, 0.05) is 6.07 Å². The maximum absolute atomic E-state index is 14.0. The van der Waals surface area contributed by atoms with E-state index in [9.17, 15) is 29.8 Å². The first-order valence-corrected chi connectivity index (χ1v) is 15.3. The number of esters is 1. The second-order valence-corrected chi connectivity index (χ2v) is 11.9. The molecule has 3 aromatic carbocycles. The molecule has 1 atom stereocenters. The van der Waals surface area contributed by atoms with Crippen LogP contribution in [0.15, 0.2) is 80.1 Å². The van der Waals surface area contributed by atoms with E-state index in [4.69, 9.17) is 14.2 Å². The summed E-state index contributed by atoms with van der Waals surface area (Å²) in [5.74, 6) is -0.549. The number of carbonyl (C=O) groups is 1. The molecule has 0 aliphatic carbocycles. The van der Waals surface area contributed by atoms with Gasteiger partial charge in [0.25, 0.3) is 11.2 Å². The molecule has 0 radical (unpaired) electrons. The van der Waals surface area contributed by atoms with Gasteiger partial charge in [-0.25, -0.2) is 9.79 Å². The fourth-order valence-corrected chi connectivity index (χ4v) is 6.47. The van der Waals surface area contributed by atoms with E-state index in [1.807, 2.05) is 31.2 Å². The van der Waals surface area contributed by atoms with Crippen molar-refractivity contribution in [3.63, 3.8) is 0 Å².